The first kappa shape index (κ1) is 18.1. The summed E-state index contributed by atoms with van der Waals surface area (Å²) in [6, 6.07) is 8.21. The van der Waals surface area contributed by atoms with E-state index in [0.29, 0.717) is 5.69 Å². The highest BCUT2D eigenvalue weighted by Crippen LogP contribution is 2.03. The van der Waals surface area contributed by atoms with Crippen LogP contribution in [0.25, 0.3) is 0 Å². The zero-order valence-corrected chi connectivity index (χ0v) is 13.1. The second-order valence-corrected chi connectivity index (χ2v) is 4.38. The van der Waals surface area contributed by atoms with Gasteiger partial charge in [0.15, 0.2) is 5.11 Å². The van der Waals surface area contributed by atoms with Crippen LogP contribution >= 0.6 is 12.2 Å². The molecule has 0 saturated heterocycles. The maximum atomic E-state index is 11.6. The summed E-state index contributed by atoms with van der Waals surface area (Å²) < 4.78 is 4.61. The number of nitrogens with one attached hydrogen (secondary N) is 4. The predicted octanol–water partition coefficient (Wildman–Crippen LogP) is 0.833. The van der Waals surface area contributed by atoms with Gasteiger partial charge in [0.05, 0.1) is 6.61 Å². The van der Waals surface area contributed by atoms with E-state index in [1.165, 1.54) is 0 Å². The number of benzene rings is 1. The van der Waals surface area contributed by atoms with Crippen molar-refractivity contribution in [2.75, 3.05) is 11.9 Å². The molecule has 4 N–H and O–H groups in total. The number of amides is 3. The van der Waals surface area contributed by atoms with Gasteiger partial charge in [0, 0.05) is 17.8 Å². The van der Waals surface area contributed by atoms with E-state index in [0.717, 1.165) is 12.2 Å². The molecule has 1 aromatic carbocycles. The van der Waals surface area contributed by atoms with Gasteiger partial charge in [-0.2, -0.15) is 0 Å². The Morgan fingerprint density at radius 2 is 1.83 bits per heavy atom. The molecule has 9 heteroatoms. The molecule has 0 radical (unpaired) electrons. The summed E-state index contributed by atoms with van der Waals surface area (Å²) in [6.45, 7) is 1.86. The number of ether oxygens (including phenoxy) is 1. The van der Waals surface area contributed by atoms with Crippen molar-refractivity contribution in [2.45, 2.75) is 6.92 Å². The summed E-state index contributed by atoms with van der Waals surface area (Å²) in [5.74, 6) is -1.28. The van der Waals surface area contributed by atoms with Crippen molar-refractivity contribution in [3.63, 3.8) is 0 Å². The molecule has 0 heterocycles. The molecule has 0 aliphatic heterocycles. The van der Waals surface area contributed by atoms with Crippen molar-refractivity contribution in [2.24, 2.45) is 0 Å². The molecule has 0 saturated carbocycles. The van der Waals surface area contributed by atoms with Crippen LogP contribution in [0.15, 0.2) is 42.5 Å². The molecule has 0 aliphatic carbocycles. The molecule has 23 heavy (non-hydrogen) atoms. The average Bonchev–Trinajstić information content (AvgIpc) is 2.52. The lowest BCUT2D eigenvalue weighted by atomic mass is 10.3. The van der Waals surface area contributed by atoms with E-state index in [1.54, 1.807) is 31.2 Å². The smallest absolute Gasteiger partial charge is 0.337 e. The van der Waals surface area contributed by atoms with Crippen LogP contribution in [0.4, 0.5) is 10.5 Å². The van der Waals surface area contributed by atoms with Gasteiger partial charge in [0.2, 0.25) is 5.91 Å². The number of carbonyl (C=O) groups excluding carboxylic acids is 3. The van der Waals surface area contributed by atoms with Gasteiger partial charge in [0.25, 0.3) is 0 Å². The van der Waals surface area contributed by atoms with Crippen LogP contribution in [0.3, 0.4) is 0 Å². The lowest BCUT2D eigenvalue weighted by molar-refractivity contribution is -0.137. The van der Waals surface area contributed by atoms with Gasteiger partial charge in [-0.15, -0.1) is 0 Å². The monoisotopic (exact) mass is 336 g/mol. The van der Waals surface area contributed by atoms with Crippen LogP contribution in [-0.4, -0.2) is 29.6 Å². The first-order valence-electron chi connectivity index (χ1n) is 6.59. The quantitative estimate of drug-likeness (QED) is 0.281. The zero-order chi connectivity index (χ0) is 17.1. The fourth-order valence-electron chi connectivity index (χ4n) is 1.32. The molecule has 0 bridgehead atoms. The molecule has 0 unspecified atom stereocenters. The molecule has 8 nitrogen and oxygen atoms in total. The normalized spacial score (nSPS) is 9.78. The Kier molecular flexibility index (Phi) is 7.79. The van der Waals surface area contributed by atoms with Gasteiger partial charge in [-0.05, 0) is 31.3 Å². The molecule has 0 aromatic heterocycles. The summed E-state index contributed by atoms with van der Waals surface area (Å²) in [6.07, 6.45) is 1.94. The lowest BCUT2D eigenvalue weighted by Crippen LogP contribution is -2.49. The van der Waals surface area contributed by atoms with Gasteiger partial charge >= 0.3 is 12.0 Å². The van der Waals surface area contributed by atoms with Gasteiger partial charge in [0.1, 0.15) is 0 Å². The fraction of sp³-hybridized carbons (Fsp3) is 0.143. The number of hydrogen-bond donors (Lipinski definition) is 4. The first-order valence-corrected chi connectivity index (χ1v) is 7.00. The molecule has 0 spiro atoms. The van der Waals surface area contributed by atoms with Crippen molar-refractivity contribution in [1.82, 2.24) is 16.2 Å². The van der Waals surface area contributed by atoms with Crippen molar-refractivity contribution in [3.05, 3.63) is 42.5 Å². The third-order valence-electron chi connectivity index (χ3n) is 2.22. The minimum Gasteiger partial charge on any atom is -0.463 e. The molecule has 3 amide bonds. The molecule has 1 rings (SSSR count). The van der Waals surface area contributed by atoms with Gasteiger partial charge in [-0.1, -0.05) is 18.2 Å². The van der Waals surface area contributed by atoms with Crippen LogP contribution in [0.1, 0.15) is 6.92 Å². The third kappa shape index (κ3) is 8.17. The van der Waals surface area contributed by atoms with E-state index in [-0.39, 0.29) is 11.7 Å². The summed E-state index contributed by atoms with van der Waals surface area (Å²) in [7, 11) is 0. The summed E-state index contributed by atoms with van der Waals surface area (Å²) >= 11 is 4.81. The van der Waals surface area contributed by atoms with Crippen LogP contribution in [0.5, 0.6) is 0 Å². The van der Waals surface area contributed by atoms with Gasteiger partial charge in [-0.3, -0.25) is 15.5 Å². The Balaban J connectivity index is 2.29. The van der Waals surface area contributed by atoms with E-state index >= 15 is 0 Å². The van der Waals surface area contributed by atoms with Crippen molar-refractivity contribution in [3.8, 4) is 0 Å². The maximum Gasteiger partial charge on any atom is 0.337 e. The Hall–Kier alpha value is -2.94. The van der Waals surface area contributed by atoms with Crippen LogP contribution in [0.2, 0.25) is 0 Å². The Bertz CT molecular complexity index is 604. The summed E-state index contributed by atoms with van der Waals surface area (Å²) in [5.41, 5.74) is 5.18. The second-order valence-electron chi connectivity index (χ2n) is 3.97. The second kappa shape index (κ2) is 9.90. The van der Waals surface area contributed by atoms with Gasteiger partial charge < -0.3 is 10.1 Å². The largest absolute Gasteiger partial charge is 0.463 e. The van der Waals surface area contributed by atoms with Crippen LogP contribution < -0.4 is 21.5 Å². The number of hydrazine groups is 1. The Labute approximate surface area is 138 Å². The first-order chi connectivity index (χ1) is 11.0. The van der Waals surface area contributed by atoms with Crippen molar-refractivity contribution >= 4 is 40.9 Å². The Morgan fingerprint density at radius 3 is 2.48 bits per heavy atom. The lowest BCUT2D eigenvalue weighted by Gasteiger charge is -2.10. The number of thiocarbonyl (C=S) groups is 1. The topological polar surface area (TPSA) is 109 Å². The molecule has 122 valence electrons. The molecule has 0 fully saturated rings. The maximum absolute atomic E-state index is 11.6. The SMILES string of the molecule is CCOC(=O)/C=C/C(=O)NC(=S)NNC(=O)Nc1ccccc1. The van der Waals surface area contributed by atoms with Crippen molar-refractivity contribution < 1.29 is 19.1 Å². The van der Waals surface area contributed by atoms with E-state index in [1.807, 2.05) is 6.07 Å². The van der Waals surface area contributed by atoms with Gasteiger partial charge in [-0.25, -0.2) is 15.0 Å². The number of para-hydroxylation sites is 1. The molecule has 1 aromatic rings. The van der Waals surface area contributed by atoms with E-state index in [4.69, 9.17) is 12.2 Å². The zero-order valence-electron chi connectivity index (χ0n) is 12.3. The molecular formula is C14H16N4O4S. The highest BCUT2D eigenvalue weighted by Gasteiger charge is 2.04. The minimum atomic E-state index is -0.638. The van der Waals surface area contributed by atoms with E-state index in [9.17, 15) is 14.4 Å². The predicted molar refractivity (Wildman–Crippen MR) is 88.2 cm³/mol. The highest BCUT2D eigenvalue weighted by atomic mass is 32.1. The number of carbonyl (C=O) groups is 3. The number of rotatable bonds is 4. The fourth-order valence-corrected chi connectivity index (χ4v) is 1.47. The average molecular weight is 336 g/mol. The number of hydrogen-bond acceptors (Lipinski definition) is 5. The standard InChI is InChI=1S/C14H16N4O4S/c1-2-22-12(20)9-8-11(19)16-14(23)18-17-13(21)15-10-6-4-3-5-7-10/h3-9H,2H2,1H3,(H2,15,17,21)(H2,16,18,19,23)/b9-8+. The van der Waals surface area contributed by atoms with Crippen LogP contribution in [-0.2, 0) is 14.3 Å². The third-order valence-corrected chi connectivity index (χ3v) is 2.42. The molecule has 0 aliphatic rings. The minimum absolute atomic E-state index is 0.133. The molecular weight excluding hydrogens is 320 g/mol. The highest BCUT2D eigenvalue weighted by molar-refractivity contribution is 7.80. The number of urea groups is 1. The van der Waals surface area contributed by atoms with E-state index < -0.39 is 17.9 Å². The van der Waals surface area contributed by atoms with Crippen LogP contribution in [0, 0.1) is 0 Å². The summed E-state index contributed by atoms with van der Waals surface area (Å²) in [5, 5.41) is 4.65. The number of anilines is 1. The van der Waals surface area contributed by atoms with E-state index in [2.05, 4.69) is 26.2 Å². The number of esters is 1. The summed E-state index contributed by atoms with van der Waals surface area (Å²) in [4.78, 5) is 34.0. The van der Waals surface area contributed by atoms with Crippen molar-refractivity contribution in [1.29, 1.82) is 0 Å². The Morgan fingerprint density at radius 1 is 1.13 bits per heavy atom. The molecule has 0 atom stereocenters.